The first-order valence-electron chi connectivity index (χ1n) is 6.38. The van der Waals surface area contributed by atoms with E-state index in [1.807, 2.05) is 0 Å². The van der Waals surface area contributed by atoms with Gasteiger partial charge in [-0.15, -0.1) is 0 Å². The number of aliphatic hydroxyl groups excluding tert-OH is 1. The Labute approximate surface area is 130 Å². The van der Waals surface area contributed by atoms with Gasteiger partial charge in [-0.2, -0.15) is 0 Å². The van der Waals surface area contributed by atoms with E-state index in [9.17, 15) is 13.5 Å². The van der Waals surface area contributed by atoms with Crippen LogP contribution in [-0.4, -0.2) is 47.0 Å². The van der Waals surface area contributed by atoms with Crippen LogP contribution in [0.15, 0.2) is 17.0 Å². The van der Waals surface area contributed by atoms with E-state index in [0.29, 0.717) is 24.3 Å². The minimum Gasteiger partial charge on any atom is -0.392 e. The van der Waals surface area contributed by atoms with Crippen molar-refractivity contribution in [1.29, 1.82) is 0 Å². The van der Waals surface area contributed by atoms with Gasteiger partial charge in [0, 0.05) is 18.7 Å². The van der Waals surface area contributed by atoms with Crippen molar-refractivity contribution >= 4 is 21.6 Å². The Kier molecular flexibility index (Phi) is 7.58. The molecule has 21 heavy (non-hydrogen) atoms. The molecule has 0 aliphatic heterocycles. The molecule has 0 aliphatic carbocycles. The molecule has 0 unspecified atom stereocenters. The first kappa shape index (κ1) is 18.3. The van der Waals surface area contributed by atoms with Gasteiger partial charge in [0.2, 0.25) is 10.0 Å². The molecule has 120 valence electrons. The van der Waals surface area contributed by atoms with Crippen molar-refractivity contribution in [2.45, 2.75) is 18.4 Å². The Balaban J connectivity index is 2.72. The molecular formula is C13H20ClNO5S. The normalized spacial score (nSPS) is 11.8. The zero-order valence-corrected chi connectivity index (χ0v) is 13.6. The minimum absolute atomic E-state index is 0.0657. The first-order valence-corrected chi connectivity index (χ1v) is 8.24. The lowest BCUT2D eigenvalue weighted by atomic mass is 10.1. The van der Waals surface area contributed by atoms with Crippen molar-refractivity contribution in [2.75, 3.05) is 33.5 Å². The lowest BCUT2D eigenvalue weighted by Crippen LogP contribution is -2.28. The van der Waals surface area contributed by atoms with Crippen LogP contribution < -0.4 is 4.72 Å². The van der Waals surface area contributed by atoms with Gasteiger partial charge in [-0.1, -0.05) is 11.6 Å². The third-order valence-electron chi connectivity index (χ3n) is 2.86. The number of sulfonamides is 1. The van der Waals surface area contributed by atoms with Crippen LogP contribution in [-0.2, 0) is 26.1 Å². The number of benzene rings is 1. The number of rotatable bonds is 9. The molecule has 0 atom stereocenters. The molecule has 0 heterocycles. The maximum absolute atomic E-state index is 12.2. The molecule has 8 heteroatoms. The SMILES string of the molecule is COCCOCCNS(=O)(=O)c1cc(Cl)cc(CO)c1C. The third kappa shape index (κ3) is 5.54. The van der Waals surface area contributed by atoms with Crippen molar-refractivity contribution in [2.24, 2.45) is 0 Å². The second-order valence-corrected chi connectivity index (χ2v) is 6.52. The summed E-state index contributed by atoms with van der Waals surface area (Å²) in [7, 11) is -2.13. The highest BCUT2D eigenvalue weighted by Gasteiger charge is 2.19. The second-order valence-electron chi connectivity index (χ2n) is 4.35. The fourth-order valence-corrected chi connectivity index (χ4v) is 3.35. The van der Waals surface area contributed by atoms with Gasteiger partial charge in [-0.3, -0.25) is 0 Å². The Hall–Kier alpha value is -0.700. The van der Waals surface area contributed by atoms with Crippen LogP contribution in [0.25, 0.3) is 0 Å². The molecule has 0 radical (unpaired) electrons. The molecule has 0 amide bonds. The number of halogens is 1. The lowest BCUT2D eigenvalue weighted by molar-refractivity contribution is 0.0736. The number of hydrogen-bond acceptors (Lipinski definition) is 5. The molecular weight excluding hydrogens is 318 g/mol. The van der Waals surface area contributed by atoms with Crippen LogP contribution >= 0.6 is 11.6 Å². The summed E-state index contributed by atoms with van der Waals surface area (Å²) in [6.45, 7) is 2.62. The lowest BCUT2D eigenvalue weighted by Gasteiger charge is -2.12. The monoisotopic (exact) mass is 337 g/mol. The van der Waals surface area contributed by atoms with Crippen molar-refractivity contribution < 1.29 is 23.0 Å². The molecule has 1 rings (SSSR count). The summed E-state index contributed by atoms with van der Waals surface area (Å²) in [5.74, 6) is 0. The third-order valence-corrected chi connectivity index (χ3v) is 4.67. The van der Waals surface area contributed by atoms with Crippen LogP contribution in [0.1, 0.15) is 11.1 Å². The first-order chi connectivity index (χ1) is 9.92. The molecule has 1 aromatic carbocycles. The highest BCUT2D eigenvalue weighted by atomic mass is 35.5. The van der Waals surface area contributed by atoms with Gasteiger partial charge < -0.3 is 14.6 Å². The summed E-state index contributed by atoms with van der Waals surface area (Å²) >= 11 is 5.88. The fraction of sp³-hybridized carbons (Fsp3) is 0.538. The van der Waals surface area contributed by atoms with E-state index in [1.165, 1.54) is 6.07 Å². The van der Waals surface area contributed by atoms with E-state index in [2.05, 4.69) is 4.72 Å². The van der Waals surface area contributed by atoms with Crippen molar-refractivity contribution in [3.05, 3.63) is 28.3 Å². The summed E-state index contributed by atoms with van der Waals surface area (Å²) in [5, 5.41) is 9.49. The Morgan fingerprint density at radius 1 is 1.29 bits per heavy atom. The summed E-state index contributed by atoms with van der Waals surface area (Å²) in [6.07, 6.45) is 0. The van der Waals surface area contributed by atoms with Crippen molar-refractivity contribution in [3.8, 4) is 0 Å². The molecule has 1 aromatic rings. The average molecular weight is 338 g/mol. The van der Waals surface area contributed by atoms with Crippen LogP contribution in [0.4, 0.5) is 0 Å². The topological polar surface area (TPSA) is 84.9 Å². The molecule has 0 aromatic heterocycles. The number of aliphatic hydroxyl groups is 1. The van der Waals surface area contributed by atoms with Gasteiger partial charge in [0.25, 0.3) is 0 Å². The molecule has 2 N–H and O–H groups in total. The molecule has 0 saturated carbocycles. The van der Waals surface area contributed by atoms with Crippen LogP contribution in [0, 0.1) is 6.92 Å². The van der Waals surface area contributed by atoms with Gasteiger partial charge in [-0.05, 0) is 30.2 Å². The van der Waals surface area contributed by atoms with Crippen molar-refractivity contribution in [3.63, 3.8) is 0 Å². The predicted octanol–water partition coefficient (Wildman–Crippen LogP) is 1.08. The Morgan fingerprint density at radius 2 is 2.00 bits per heavy atom. The summed E-state index contributed by atoms with van der Waals surface area (Å²) in [5.41, 5.74) is 0.967. The number of nitrogens with one attached hydrogen (secondary N) is 1. The Morgan fingerprint density at radius 3 is 2.62 bits per heavy atom. The smallest absolute Gasteiger partial charge is 0.240 e. The van der Waals surface area contributed by atoms with Crippen LogP contribution in [0.2, 0.25) is 5.02 Å². The maximum Gasteiger partial charge on any atom is 0.240 e. The molecule has 6 nitrogen and oxygen atoms in total. The average Bonchev–Trinajstić information content (AvgIpc) is 2.44. The highest BCUT2D eigenvalue weighted by Crippen LogP contribution is 2.24. The molecule has 0 bridgehead atoms. The van der Waals surface area contributed by atoms with Crippen LogP contribution in [0.5, 0.6) is 0 Å². The summed E-state index contributed by atoms with van der Waals surface area (Å²) < 4.78 is 36.9. The Bertz CT molecular complexity index is 562. The summed E-state index contributed by atoms with van der Waals surface area (Å²) in [6, 6.07) is 2.91. The van der Waals surface area contributed by atoms with E-state index in [4.69, 9.17) is 21.1 Å². The standard InChI is InChI=1S/C13H20ClNO5S/c1-10-11(9-16)7-12(14)8-13(10)21(17,18)15-3-4-20-6-5-19-2/h7-8,15-16H,3-6,9H2,1-2H3. The minimum atomic E-state index is -3.70. The van der Waals surface area contributed by atoms with Crippen LogP contribution in [0.3, 0.4) is 0 Å². The van der Waals surface area contributed by atoms with Gasteiger partial charge in [-0.25, -0.2) is 13.1 Å². The largest absolute Gasteiger partial charge is 0.392 e. The second kappa shape index (κ2) is 8.67. The van der Waals surface area contributed by atoms with E-state index in [0.717, 1.165) is 0 Å². The van der Waals surface area contributed by atoms with E-state index >= 15 is 0 Å². The molecule has 0 spiro atoms. The molecule has 0 aliphatic rings. The van der Waals surface area contributed by atoms with E-state index in [1.54, 1.807) is 20.1 Å². The maximum atomic E-state index is 12.2. The van der Waals surface area contributed by atoms with Crippen molar-refractivity contribution in [1.82, 2.24) is 4.72 Å². The summed E-state index contributed by atoms with van der Waals surface area (Å²) in [4.78, 5) is 0.0657. The van der Waals surface area contributed by atoms with Gasteiger partial charge in [0.05, 0.1) is 31.3 Å². The number of methoxy groups -OCH3 is 1. The van der Waals surface area contributed by atoms with Gasteiger partial charge >= 0.3 is 0 Å². The molecule has 0 fully saturated rings. The number of ether oxygens (including phenoxy) is 2. The fourth-order valence-electron chi connectivity index (χ4n) is 1.72. The highest BCUT2D eigenvalue weighted by molar-refractivity contribution is 7.89. The predicted molar refractivity (Wildman–Crippen MR) is 80.0 cm³/mol. The van der Waals surface area contributed by atoms with Gasteiger partial charge in [0.15, 0.2) is 0 Å². The van der Waals surface area contributed by atoms with E-state index < -0.39 is 10.0 Å². The zero-order chi connectivity index (χ0) is 15.9. The van der Waals surface area contributed by atoms with Gasteiger partial charge in [0.1, 0.15) is 0 Å². The number of hydrogen-bond donors (Lipinski definition) is 2. The quantitative estimate of drug-likeness (QED) is 0.659. The van der Waals surface area contributed by atoms with E-state index in [-0.39, 0.29) is 29.7 Å². The molecule has 0 saturated heterocycles. The zero-order valence-electron chi connectivity index (χ0n) is 12.1.